The molecule has 0 saturated heterocycles. The molecule has 520 valence electrons. The minimum absolute atomic E-state index is 0. The molecule has 0 radical (unpaired) electrons. The van der Waals surface area contributed by atoms with E-state index in [0.29, 0.717) is 16.3 Å². The van der Waals surface area contributed by atoms with Crippen LogP contribution in [0.25, 0.3) is 0 Å². The summed E-state index contributed by atoms with van der Waals surface area (Å²) in [4.78, 5) is 71.9. The van der Waals surface area contributed by atoms with Crippen LogP contribution in [0.1, 0.15) is 116 Å². The molecule has 0 spiro atoms. The van der Waals surface area contributed by atoms with Crippen molar-refractivity contribution in [2.24, 2.45) is 0 Å². The Kier molecular flexibility index (Phi) is 55.2. The van der Waals surface area contributed by atoms with E-state index in [0.717, 1.165) is 49.8 Å². The number of aryl methyl sites for hydroxylation is 14. The van der Waals surface area contributed by atoms with Crippen molar-refractivity contribution in [2.75, 3.05) is 0 Å². The number of nitrogens with zero attached hydrogens (tertiary/aromatic N) is 14. The van der Waals surface area contributed by atoms with Crippen LogP contribution in [0.3, 0.4) is 0 Å². The molecular formula is C74H97Cl3N14O6. The fourth-order valence-corrected chi connectivity index (χ4v) is 6.12. The Balaban J connectivity index is -0.000000319. The average molecular weight is 1390 g/mol. The molecule has 0 aliphatic rings. The summed E-state index contributed by atoms with van der Waals surface area (Å²) in [6, 6.07) is 36.7. The maximum absolute atomic E-state index is 10.2. The number of nitro groups is 3. The predicted molar refractivity (Wildman–Crippen MR) is 402 cm³/mol. The van der Waals surface area contributed by atoms with Gasteiger partial charge in [0, 0.05) is 127 Å². The lowest BCUT2D eigenvalue weighted by atomic mass is 10.2. The first kappa shape index (κ1) is 95.4. The van der Waals surface area contributed by atoms with Crippen LogP contribution >= 0.6 is 34.8 Å². The van der Waals surface area contributed by atoms with E-state index in [-0.39, 0.29) is 54.2 Å². The third-order valence-corrected chi connectivity index (χ3v) is 12.6. The zero-order chi connectivity index (χ0) is 68.8. The minimum Gasteiger partial charge on any atom is -0.265 e. The predicted octanol–water partition coefficient (Wildman–Crippen LogP) is 21.1. The molecule has 0 aliphatic heterocycles. The van der Waals surface area contributed by atoms with Crippen molar-refractivity contribution in [2.45, 2.75) is 134 Å². The SMILES string of the molecule is C.C.C.C.C.Cc1ccc(C)nc1.Cc1ccc(Cl)cn1.Cc1ccc([N+](=O)[O-])cn1.Cc1ccccn1.Cc1cccnc1C.Cc1ccncc1.Cc1ccncc1C.Cc1ccncc1Cl.Cc1ccncc1[N+](=O)[O-].Cc1ncccc1Cl.Cc1ncccc1[N+](=O)[O-]. The quantitative estimate of drug-likeness (QED) is 0.117. The molecule has 0 fully saturated rings. The molecule has 11 heterocycles. The molecule has 11 aromatic heterocycles. The highest BCUT2D eigenvalue weighted by Crippen LogP contribution is 2.15. The van der Waals surface area contributed by atoms with E-state index in [1.165, 1.54) is 64.7 Å². The fourth-order valence-electron chi connectivity index (χ4n) is 5.77. The normalized spacial score (nSPS) is 8.71. The molecule has 11 aromatic rings. The van der Waals surface area contributed by atoms with Crippen molar-refractivity contribution in [1.82, 2.24) is 54.8 Å². The summed E-state index contributed by atoms with van der Waals surface area (Å²) in [5.74, 6) is 0. The summed E-state index contributed by atoms with van der Waals surface area (Å²) in [7, 11) is 0. The number of pyridine rings is 11. The molecule has 0 aliphatic carbocycles. The van der Waals surface area contributed by atoms with Gasteiger partial charge in [-0.25, -0.2) is 0 Å². The molecule has 0 bridgehead atoms. The van der Waals surface area contributed by atoms with Gasteiger partial charge in [0.25, 0.3) is 17.1 Å². The third kappa shape index (κ3) is 46.5. The van der Waals surface area contributed by atoms with Gasteiger partial charge >= 0.3 is 0 Å². The van der Waals surface area contributed by atoms with Gasteiger partial charge in [-0.15, -0.1) is 0 Å². The summed E-state index contributed by atoms with van der Waals surface area (Å²) >= 11 is 16.8. The van der Waals surface area contributed by atoms with Crippen LogP contribution in [-0.2, 0) is 0 Å². The lowest BCUT2D eigenvalue weighted by Gasteiger charge is -1.92. The first-order chi connectivity index (χ1) is 43.7. The largest absolute Gasteiger partial charge is 0.290 e. The van der Waals surface area contributed by atoms with E-state index in [9.17, 15) is 30.3 Å². The van der Waals surface area contributed by atoms with Crippen LogP contribution in [-0.4, -0.2) is 69.6 Å². The Morgan fingerprint density at radius 3 is 1.04 bits per heavy atom. The van der Waals surface area contributed by atoms with Gasteiger partial charge in [-0.05, 0) is 221 Å². The van der Waals surface area contributed by atoms with Crippen molar-refractivity contribution in [3.8, 4) is 0 Å². The lowest BCUT2D eigenvalue weighted by molar-refractivity contribution is -0.385. The van der Waals surface area contributed by atoms with E-state index >= 15 is 0 Å². The second-order valence-electron chi connectivity index (χ2n) is 19.4. The Morgan fingerprint density at radius 2 is 0.753 bits per heavy atom. The van der Waals surface area contributed by atoms with Crippen LogP contribution in [0.2, 0.25) is 15.1 Å². The van der Waals surface area contributed by atoms with Gasteiger partial charge in [-0.1, -0.05) is 90.1 Å². The lowest BCUT2D eigenvalue weighted by Crippen LogP contribution is -1.92. The van der Waals surface area contributed by atoms with E-state index in [2.05, 4.69) is 87.7 Å². The second kappa shape index (κ2) is 56.1. The van der Waals surface area contributed by atoms with Crippen molar-refractivity contribution in [3.05, 3.63) is 338 Å². The maximum Gasteiger partial charge on any atom is 0.290 e. The van der Waals surface area contributed by atoms with Gasteiger partial charge in [-0.2, -0.15) is 0 Å². The topological polar surface area (TPSA) is 271 Å². The van der Waals surface area contributed by atoms with E-state index in [1.54, 1.807) is 82.3 Å². The van der Waals surface area contributed by atoms with Crippen molar-refractivity contribution in [3.63, 3.8) is 0 Å². The van der Waals surface area contributed by atoms with E-state index in [4.69, 9.17) is 34.8 Å². The summed E-state index contributed by atoms with van der Waals surface area (Å²) in [5.41, 5.74) is 14.6. The van der Waals surface area contributed by atoms with E-state index < -0.39 is 14.8 Å². The number of rotatable bonds is 3. The first-order valence-corrected chi connectivity index (χ1v) is 29.1. The van der Waals surface area contributed by atoms with E-state index in [1.807, 2.05) is 159 Å². The minimum atomic E-state index is -0.466. The van der Waals surface area contributed by atoms with Gasteiger partial charge in [0.05, 0.1) is 35.5 Å². The van der Waals surface area contributed by atoms with Gasteiger partial charge in [0.15, 0.2) is 0 Å². The molecule has 0 amide bonds. The standard InChI is InChI=1S/3C7H9N.3C6H6ClN.3C6H6N2O2.2C6H7N.5CH4/c1-6-3-4-8-5-7(6)2;1-6-3-4-7(2)8-5-6;1-6-4-3-5-8-7(6)2;1-5-2-3-8-4-6(5)7;1-5-2-3-6(7)4-8-5;1-5-6(7)3-2-4-8-5;1-5-2-3-7-4-6(5)8(9)10;1-5-2-3-6(4-7-5)8(9)10;1-5-6(8(9)10)3-2-4-7-5;1-6-2-4-7-5-3-6;1-6-4-2-3-5-7-6;;;;;/h3*3-5H,1-2H3;3*2-4H,1H3;3*2-4H,1H3;2*2-5H,1H3;5*1H4. The summed E-state index contributed by atoms with van der Waals surface area (Å²) in [5, 5.41) is 32.6. The summed E-state index contributed by atoms with van der Waals surface area (Å²) in [6.07, 6.45) is 25.0. The number of hydrogen-bond donors (Lipinski definition) is 0. The fraction of sp³-hybridized carbons (Fsp3) is 0.257. The number of hydrogen-bond acceptors (Lipinski definition) is 17. The Hall–Kier alpha value is -10.3. The average Bonchev–Trinajstić information content (AvgIpc) is 1.21. The highest BCUT2D eigenvalue weighted by Gasteiger charge is 2.09. The second-order valence-corrected chi connectivity index (χ2v) is 20.6. The Morgan fingerprint density at radius 1 is 0.289 bits per heavy atom. The third-order valence-electron chi connectivity index (χ3n) is 11.6. The Bertz CT molecular complexity index is 3410. The molecule has 0 saturated carbocycles. The molecule has 0 aromatic carbocycles. The Labute approximate surface area is 590 Å². The number of aromatic nitrogens is 11. The van der Waals surface area contributed by atoms with Crippen LogP contribution in [0.4, 0.5) is 17.1 Å². The molecule has 23 heteroatoms. The van der Waals surface area contributed by atoms with Crippen LogP contribution in [0.5, 0.6) is 0 Å². The van der Waals surface area contributed by atoms with Crippen molar-refractivity contribution < 1.29 is 14.8 Å². The number of halogens is 3. The molecule has 0 N–H and O–H groups in total. The van der Waals surface area contributed by atoms with Gasteiger partial charge < -0.3 is 0 Å². The van der Waals surface area contributed by atoms with Crippen molar-refractivity contribution >= 4 is 51.9 Å². The molecule has 97 heavy (non-hydrogen) atoms. The molecule has 11 rings (SSSR count). The van der Waals surface area contributed by atoms with Gasteiger partial charge in [0.2, 0.25) is 0 Å². The zero-order valence-electron chi connectivity index (χ0n) is 54.1. The zero-order valence-corrected chi connectivity index (χ0v) is 56.3. The smallest absolute Gasteiger partial charge is 0.265 e. The first-order valence-electron chi connectivity index (χ1n) is 28.0. The molecular weight excluding hydrogens is 1290 g/mol. The summed E-state index contributed by atoms with van der Waals surface area (Å²) < 4.78 is 0. The van der Waals surface area contributed by atoms with Gasteiger partial charge in [-0.3, -0.25) is 85.2 Å². The van der Waals surface area contributed by atoms with Crippen LogP contribution in [0, 0.1) is 127 Å². The molecule has 0 unspecified atom stereocenters. The maximum atomic E-state index is 10.2. The van der Waals surface area contributed by atoms with Gasteiger partial charge in [0.1, 0.15) is 18.1 Å². The monoisotopic (exact) mass is 1380 g/mol. The van der Waals surface area contributed by atoms with Crippen molar-refractivity contribution in [1.29, 1.82) is 0 Å². The van der Waals surface area contributed by atoms with Crippen LogP contribution < -0.4 is 0 Å². The summed E-state index contributed by atoms with van der Waals surface area (Å²) in [6.45, 7) is 27.1. The highest BCUT2D eigenvalue weighted by atomic mass is 35.5. The van der Waals surface area contributed by atoms with Crippen LogP contribution in [0.15, 0.2) is 214 Å². The highest BCUT2D eigenvalue weighted by molar-refractivity contribution is 6.31. The molecule has 0 atom stereocenters. The molecule has 20 nitrogen and oxygen atoms in total.